The van der Waals surface area contributed by atoms with E-state index in [0.717, 1.165) is 11.1 Å². The molecule has 16 heavy (non-hydrogen) atoms. The summed E-state index contributed by atoms with van der Waals surface area (Å²) in [5, 5.41) is 8.99. The molecular weight excluding hydrogens is 208 g/mol. The number of hydrogen-bond acceptors (Lipinski definition) is 3. The molecule has 1 aromatic rings. The number of cyclic esters (lactones) is 1. The molecule has 1 aliphatic heterocycles. The summed E-state index contributed by atoms with van der Waals surface area (Å²) in [4.78, 5) is 22.1. The van der Waals surface area contributed by atoms with Gasteiger partial charge in [0.15, 0.2) is 0 Å². The molecule has 0 saturated carbocycles. The van der Waals surface area contributed by atoms with Crippen LogP contribution in [0.3, 0.4) is 0 Å². The number of carboxylic acid groups (broad SMARTS) is 1. The number of aliphatic carboxylic acids is 1. The van der Waals surface area contributed by atoms with E-state index < -0.39 is 24.0 Å². The van der Waals surface area contributed by atoms with E-state index in [4.69, 9.17) is 9.84 Å². The predicted octanol–water partition coefficient (Wildman–Crippen LogP) is 1.68. The Bertz CT molecular complexity index is 421. The zero-order valence-corrected chi connectivity index (χ0v) is 8.84. The Labute approximate surface area is 92.8 Å². The van der Waals surface area contributed by atoms with E-state index in [1.54, 1.807) is 12.1 Å². The Morgan fingerprint density at radius 3 is 2.56 bits per heavy atom. The average Bonchev–Trinajstić information content (AvgIpc) is 2.61. The van der Waals surface area contributed by atoms with E-state index in [0.29, 0.717) is 0 Å². The van der Waals surface area contributed by atoms with Crippen LogP contribution in [0.4, 0.5) is 0 Å². The molecule has 0 aliphatic carbocycles. The number of ether oxygens (including phenoxy) is 1. The minimum Gasteiger partial charge on any atom is -0.481 e. The number of carboxylic acids is 1. The maximum absolute atomic E-state index is 11.1. The highest BCUT2D eigenvalue weighted by atomic mass is 16.6. The summed E-state index contributed by atoms with van der Waals surface area (Å²) in [5.74, 6) is -2.20. The quantitative estimate of drug-likeness (QED) is 0.770. The fourth-order valence-electron chi connectivity index (χ4n) is 1.83. The lowest BCUT2D eigenvalue weighted by Crippen LogP contribution is -2.17. The molecule has 2 atom stereocenters. The normalized spacial score (nSPS) is 24.2. The molecule has 1 heterocycles. The Kier molecular flexibility index (Phi) is 2.64. The molecule has 0 unspecified atom stereocenters. The third-order valence-electron chi connectivity index (χ3n) is 2.73. The molecule has 1 saturated heterocycles. The van der Waals surface area contributed by atoms with Gasteiger partial charge >= 0.3 is 11.9 Å². The first-order valence-corrected chi connectivity index (χ1v) is 5.07. The highest BCUT2D eigenvalue weighted by Gasteiger charge is 2.40. The number of benzene rings is 1. The number of carbonyl (C=O) groups excluding carboxylic acids is 1. The molecular formula is C12H12O4. The molecule has 0 bridgehead atoms. The SMILES string of the molecule is Cc1ccc([C@H]2OC(=O)C[C@H]2C(=O)O)cc1. The average molecular weight is 220 g/mol. The van der Waals surface area contributed by atoms with E-state index in [1.165, 1.54) is 0 Å². The lowest BCUT2D eigenvalue weighted by atomic mass is 9.95. The van der Waals surface area contributed by atoms with Crippen molar-refractivity contribution in [3.63, 3.8) is 0 Å². The molecule has 0 aromatic heterocycles. The van der Waals surface area contributed by atoms with Gasteiger partial charge in [0.2, 0.25) is 0 Å². The van der Waals surface area contributed by atoms with Crippen molar-refractivity contribution in [3.8, 4) is 0 Å². The van der Waals surface area contributed by atoms with Crippen LogP contribution in [0.2, 0.25) is 0 Å². The second kappa shape index (κ2) is 3.96. The third kappa shape index (κ3) is 1.91. The minimum atomic E-state index is -0.989. The highest BCUT2D eigenvalue weighted by molar-refractivity contribution is 5.82. The molecule has 1 N–H and O–H groups in total. The molecule has 0 spiro atoms. The van der Waals surface area contributed by atoms with Crippen LogP contribution < -0.4 is 0 Å². The Balaban J connectivity index is 2.28. The molecule has 0 amide bonds. The van der Waals surface area contributed by atoms with Crippen LogP contribution in [-0.2, 0) is 14.3 Å². The lowest BCUT2D eigenvalue weighted by Gasteiger charge is -2.14. The largest absolute Gasteiger partial charge is 0.481 e. The van der Waals surface area contributed by atoms with E-state index in [1.807, 2.05) is 19.1 Å². The highest BCUT2D eigenvalue weighted by Crippen LogP contribution is 2.35. The van der Waals surface area contributed by atoms with Crippen molar-refractivity contribution in [1.82, 2.24) is 0 Å². The molecule has 84 valence electrons. The summed E-state index contributed by atoms with van der Waals surface area (Å²) in [6.45, 7) is 1.94. The van der Waals surface area contributed by atoms with Gasteiger partial charge in [-0.15, -0.1) is 0 Å². The minimum absolute atomic E-state index is 0.0477. The summed E-state index contributed by atoms with van der Waals surface area (Å²) in [6.07, 6.45) is -0.695. The summed E-state index contributed by atoms with van der Waals surface area (Å²) in [6, 6.07) is 7.35. The first kappa shape index (κ1) is 10.7. The smallest absolute Gasteiger partial charge is 0.311 e. The lowest BCUT2D eigenvalue weighted by molar-refractivity contribution is -0.144. The Morgan fingerprint density at radius 2 is 2.00 bits per heavy atom. The number of esters is 1. The van der Waals surface area contributed by atoms with Gasteiger partial charge in [0, 0.05) is 0 Å². The second-order valence-corrected chi connectivity index (χ2v) is 3.97. The first-order chi connectivity index (χ1) is 7.58. The van der Waals surface area contributed by atoms with Crippen LogP contribution in [0.25, 0.3) is 0 Å². The monoisotopic (exact) mass is 220 g/mol. The summed E-state index contributed by atoms with van der Waals surface area (Å²) >= 11 is 0. The zero-order valence-electron chi connectivity index (χ0n) is 8.84. The molecule has 2 rings (SSSR count). The van der Waals surface area contributed by atoms with Crippen LogP contribution in [0, 0.1) is 12.8 Å². The zero-order chi connectivity index (χ0) is 11.7. The van der Waals surface area contributed by atoms with Crippen molar-refractivity contribution in [2.45, 2.75) is 19.4 Å². The molecule has 4 nitrogen and oxygen atoms in total. The van der Waals surface area contributed by atoms with Crippen LogP contribution >= 0.6 is 0 Å². The van der Waals surface area contributed by atoms with Gasteiger partial charge < -0.3 is 9.84 Å². The van der Waals surface area contributed by atoms with Crippen molar-refractivity contribution in [2.24, 2.45) is 5.92 Å². The van der Waals surface area contributed by atoms with Gasteiger partial charge in [-0.2, -0.15) is 0 Å². The first-order valence-electron chi connectivity index (χ1n) is 5.07. The number of rotatable bonds is 2. The Hall–Kier alpha value is -1.84. The van der Waals surface area contributed by atoms with Gasteiger partial charge in [0.05, 0.1) is 6.42 Å². The maximum atomic E-state index is 11.1. The van der Waals surface area contributed by atoms with Crippen molar-refractivity contribution in [1.29, 1.82) is 0 Å². The van der Waals surface area contributed by atoms with E-state index in [2.05, 4.69) is 0 Å². The molecule has 0 radical (unpaired) electrons. The van der Waals surface area contributed by atoms with Gasteiger partial charge in [-0.1, -0.05) is 29.8 Å². The van der Waals surface area contributed by atoms with Crippen LogP contribution in [0.5, 0.6) is 0 Å². The molecule has 1 fully saturated rings. The van der Waals surface area contributed by atoms with Crippen molar-refractivity contribution in [3.05, 3.63) is 35.4 Å². The molecule has 4 heteroatoms. The van der Waals surface area contributed by atoms with Gasteiger partial charge in [0.25, 0.3) is 0 Å². The Morgan fingerprint density at radius 1 is 1.38 bits per heavy atom. The second-order valence-electron chi connectivity index (χ2n) is 3.97. The fraction of sp³-hybridized carbons (Fsp3) is 0.333. The summed E-state index contributed by atoms with van der Waals surface area (Å²) in [5.41, 5.74) is 1.82. The van der Waals surface area contributed by atoms with E-state index in [-0.39, 0.29) is 6.42 Å². The van der Waals surface area contributed by atoms with Crippen molar-refractivity contribution < 1.29 is 19.4 Å². The van der Waals surface area contributed by atoms with Crippen molar-refractivity contribution in [2.75, 3.05) is 0 Å². The topological polar surface area (TPSA) is 63.6 Å². The van der Waals surface area contributed by atoms with Gasteiger partial charge in [0.1, 0.15) is 12.0 Å². The number of aryl methyl sites for hydroxylation is 1. The third-order valence-corrected chi connectivity index (χ3v) is 2.73. The van der Waals surface area contributed by atoms with Crippen molar-refractivity contribution >= 4 is 11.9 Å². The van der Waals surface area contributed by atoms with Gasteiger partial charge in [-0.3, -0.25) is 9.59 Å². The van der Waals surface area contributed by atoms with Gasteiger partial charge in [-0.05, 0) is 12.5 Å². The van der Waals surface area contributed by atoms with E-state index in [9.17, 15) is 9.59 Å². The van der Waals surface area contributed by atoms with Crippen LogP contribution in [0.15, 0.2) is 24.3 Å². The number of carbonyl (C=O) groups is 2. The van der Waals surface area contributed by atoms with Gasteiger partial charge in [-0.25, -0.2) is 0 Å². The van der Waals surface area contributed by atoms with Crippen LogP contribution in [-0.4, -0.2) is 17.0 Å². The molecule has 1 aliphatic rings. The fourth-order valence-corrected chi connectivity index (χ4v) is 1.83. The summed E-state index contributed by atoms with van der Waals surface area (Å²) < 4.78 is 5.04. The maximum Gasteiger partial charge on any atom is 0.311 e. The predicted molar refractivity (Wildman–Crippen MR) is 55.8 cm³/mol. The van der Waals surface area contributed by atoms with E-state index >= 15 is 0 Å². The van der Waals surface area contributed by atoms with Crippen LogP contribution in [0.1, 0.15) is 23.7 Å². The molecule has 1 aromatic carbocycles. The standard InChI is InChI=1S/C12H12O4/c1-7-2-4-8(5-3-7)11-9(12(14)15)6-10(13)16-11/h2-5,9,11H,6H2,1H3,(H,14,15)/t9-,11-/m1/s1. The number of hydrogen-bond donors (Lipinski definition) is 1. The summed E-state index contributed by atoms with van der Waals surface area (Å²) in [7, 11) is 0.